The Kier molecular flexibility index (Phi) is 6.34. The van der Waals surface area contributed by atoms with Crippen LogP contribution in [0.25, 0.3) is 0 Å². The number of carbonyl (C=O) groups is 1. The first kappa shape index (κ1) is 20.7. The van der Waals surface area contributed by atoms with Crippen molar-refractivity contribution in [3.05, 3.63) is 62.6 Å². The van der Waals surface area contributed by atoms with E-state index >= 15 is 0 Å². The summed E-state index contributed by atoms with van der Waals surface area (Å²) in [7, 11) is -0.686. The second-order valence-electron chi connectivity index (χ2n) is 6.02. The Morgan fingerprint density at radius 3 is 2.38 bits per heavy atom. The van der Waals surface area contributed by atoms with Gasteiger partial charge in [0.2, 0.25) is 10.0 Å². The van der Waals surface area contributed by atoms with Crippen molar-refractivity contribution in [3.8, 4) is 0 Å². The lowest BCUT2D eigenvalue weighted by molar-refractivity contribution is 0.0785. The first-order valence-corrected chi connectivity index (χ1v) is 10.0. The zero-order valence-electron chi connectivity index (χ0n) is 14.9. The Morgan fingerprint density at radius 2 is 1.81 bits per heavy atom. The normalized spacial score (nSPS) is 11.5. The Morgan fingerprint density at radius 1 is 1.15 bits per heavy atom. The van der Waals surface area contributed by atoms with Crippen LogP contribution in [-0.2, 0) is 16.6 Å². The van der Waals surface area contributed by atoms with Crippen molar-refractivity contribution in [3.63, 3.8) is 0 Å². The molecule has 0 saturated heterocycles. The molecule has 5 nitrogen and oxygen atoms in total. The minimum absolute atomic E-state index is 0.0984. The lowest BCUT2D eigenvalue weighted by Crippen LogP contribution is -2.27. The standard InChI is InChI=1S/C18H20Cl2N2O3S/c1-11-7-14(8-17(12(11)2)26(24,25)21-3)18(23)22(4)10-13-5-6-15(19)9-16(13)20/h5-9,21H,10H2,1-4H3. The lowest BCUT2D eigenvalue weighted by atomic mass is 10.1. The third-order valence-corrected chi connectivity index (χ3v) is 6.32. The Bertz CT molecular complexity index is 959. The van der Waals surface area contributed by atoms with E-state index in [0.29, 0.717) is 21.2 Å². The summed E-state index contributed by atoms with van der Waals surface area (Å²) in [6.45, 7) is 3.76. The summed E-state index contributed by atoms with van der Waals surface area (Å²) in [6.07, 6.45) is 0. The van der Waals surface area contributed by atoms with Gasteiger partial charge in [0.15, 0.2) is 0 Å². The number of hydrogen-bond donors (Lipinski definition) is 1. The van der Waals surface area contributed by atoms with Gasteiger partial charge in [-0.15, -0.1) is 0 Å². The number of amides is 1. The van der Waals surface area contributed by atoms with Crippen molar-refractivity contribution in [2.45, 2.75) is 25.3 Å². The predicted octanol–water partition coefficient (Wildman–Crippen LogP) is 3.79. The number of benzene rings is 2. The van der Waals surface area contributed by atoms with Gasteiger partial charge in [0, 0.05) is 29.2 Å². The number of sulfonamides is 1. The summed E-state index contributed by atoms with van der Waals surface area (Å²) < 4.78 is 26.7. The first-order chi connectivity index (χ1) is 12.1. The highest BCUT2D eigenvalue weighted by Gasteiger charge is 2.21. The lowest BCUT2D eigenvalue weighted by Gasteiger charge is -2.20. The van der Waals surface area contributed by atoms with Crippen LogP contribution in [0.5, 0.6) is 0 Å². The summed E-state index contributed by atoms with van der Waals surface area (Å²) in [5.41, 5.74) is 2.38. The summed E-state index contributed by atoms with van der Waals surface area (Å²) in [4.78, 5) is 14.4. The van der Waals surface area contributed by atoms with E-state index in [4.69, 9.17) is 23.2 Å². The molecular weight excluding hydrogens is 395 g/mol. The Hall–Kier alpha value is -1.60. The molecule has 0 bridgehead atoms. The molecule has 0 spiro atoms. The van der Waals surface area contributed by atoms with Crippen molar-refractivity contribution >= 4 is 39.1 Å². The van der Waals surface area contributed by atoms with Crippen LogP contribution >= 0.6 is 23.2 Å². The molecular formula is C18H20Cl2N2O3S. The molecule has 2 aromatic rings. The molecule has 140 valence electrons. The highest BCUT2D eigenvalue weighted by molar-refractivity contribution is 7.89. The molecule has 0 aromatic heterocycles. The zero-order valence-corrected chi connectivity index (χ0v) is 17.3. The maximum absolute atomic E-state index is 12.8. The predicted molar refractivity (Wildman–Crippen MR) is 104 cm³/mol. The maximum Gasteiger partial charge on any atom is 0.253 e. The molecule has 0 radical (unpaired) electrons. The van der Waals surface area contributed by atoms with Crippen LogP contribution in [0.2, 0.25) is 10.0 Å². The van der Waals surface area contributed by atoms with Gasteiger partial charge in [-0.3, -0.25) is 4.79 Å². The van der Waals surface area contributed by atoms with Gasteiger partial charge >= 0.3 is 0 Å². The highest BCUT2D eigenvalue weighted by atomic mass is 35.5. The van der Waals surface area contributed by atoms with E-state index in [2.05, 4.69) is 4.72 Å². The fraction of sp³-hybridized carbons (Fsp3) is 0.278. The van der Waals surface area contributed by atoms with Crippen molar-refractivity contribution in [1.82, 2.24) is 9.62 Å². The van der Waals surface area contributed by atoms with Crippen LogP contribution in [0.15, 0.2) is 35.2 Å². The van der Waals surface area contributed by atoms with Gasteiger partial charge < -0.3 is 4.90 Å². The van der Waals surface area contributed by atoms with E-state index in [1.165, 1.54) is 18.0 Å². The van der Waals surface area contributed by atoms with Crippen LogP contribution in [-0.4, -0.2) is 33.3 Å². The minimum atomic E-state index is -3.66. The highest BCUT2D eigenvalue weighted by Crippen LogP contribution is 2.24. The van der Waals surface area contributed by atoms with Crippen LogP contribution in [0.4, 0.5) is 0 Å². The molecule has 0 heterocycles. The van der Waals surface area contributed by atoms with Gasteiger partial charge in [0.1, 0.15) is 0 Å². The van der Waals surface area contributed by atoms with Gasteiger partial charge in [0.25, 0.3) is 5.91 Å². The largest absolute Gasteiger partial charge is 0.337 e. The summed E-state index contributed by atoms with van der Waals surface area (Å²) in [5, 5.41) is 0.986. The van der Waals surface area contributed by atoms with Gasteiger partial charge in [-0.1, -0.05) is 29.3 Å². The zero-order chi connectivity index (χ0) is 19.6. The average Bonchev–Trinajstić information content (AvgIpc) is 2.58. The van der Waals surface area contributed by atoms with E-state index in [1.807, 2.05) is 0 Å². The van der Waals surface area contributed by atoms with Gasteiger partial charge in [-0.25, -0.2) is 13.1 Å². The molecule has 0 atom stereocenters. The molecule has 0 fully saturated rings. The summed E-state index contributed by atoms with van der Waals surface area (Å²) in [5.74, 6) is -0.299. The second-order valence-corrected chi connectivity index (χ2v) is 8.72. The van der Waals surface area contributed by atoms with E-state index < -0.39 is 10.0 Å². The fourth-order valence-electron chi connectivity index (χ4n) is 2.54. The topological polar surface area (TPSA) is 66.5 Å². The molecule has 8 heteroatoms. The second kappa shape index (κ2) is 7.96. The first-order valence-electron chi connectivity index (χ1n) is 7.81. The number of nitrogens with zero attached hydrogens (tertiary/aromatic N) is 1. The number of carbonyl (C=O) groups excluding carboxylic acids is 1. The quantitative estimate of drug-likeness (QED) is 0.808. The molecule has 26 heavy (non-hydrogen) atoms. The van der Waals surface area contributed by atoms with Gasteiger partial charge in [-0.05, 0) is 61.9 Å². The summed E-state index contributed by atoms with van der Waals surface area (Å²) in [6, 6.07) is 8.16. The molecule has 1 N–H and O–H groups in total. The molecule has 0 saturated carbocycles. The van der Waals surface area contributed by atoms with E-state index in [9.17, 15) is 13.2 Å². The number of rotatable bonds is 5. The van der Waals surface area contributed by atoms with Crippen molar-refractivity contribution in [2.24, 2.45) is 0 Å². The van der Waals surface area contributed by atoms with Crippen LogP contribution < -0.4 is 4.72 Å². The summed E-state index contributed by atoms with van der Waals surface area (Å²) >= 11 is 12.1. The van der Waals surface area contributed by atoms with Gasteiger partial charge in [0.05, 0.1) is 4.90 Å². The fourth-order valence-corrected chi connectivity index (χ4v) is 4.07. The van der Waals surface area contributed by atoms with Crippen LogP contribution in [0, 0.1) is 13.8 Å². The average molecular weight is 415 g/mol. The molecule has 0 aliphatic carbocycles. The number of halogens is 2. The SMILES string of the molecule is CNS(=O)(=O)c1cc(C(=O)N(C)Cc2ccc(Cl)cc2Cl)cc(C)c1C. The van der Waals surface area contributed by atoms with Gasteiger partial charge in [-0.2, -0.15) is 0 Å². The monoisotopic (exact) mass is 414 g/mol. The number of nitrogens with one attached hydrogen (secondary N) is 1. The van der Waals surface area contributed by atoms with E-state index in [1.54, 1.807) is 45.2 Å². The Labute approximate surface area is 164 Å². The maximum atomic E-state index is 12.8. The molecule has 1 amide bonds. The third kappa shape index (κ3) is 4.38. The van der Waals surface area contributed by atoms with E-state index in [0.717, 1.165) is 11.1 Å². The molecule has 0 aliphatic heterocycles. The van der Waals surface area contributed by atoms with E-state index in [-0.39, 0.29) is 17.3 Å². The van der Waals surface area contributed by atoms with Crippen molar-refractivity contribution < 1.29 is 13.2 Å². The molecule has 2 rings (SSSR count). The molecule has 0 unspecified atom stereocenters. The van der Waals surface area contributed by atoms with Crippen molar-refractivity contribution in [2.75, 3.05) is 14.1 Å². The minimum Gasteiger partial charge on any atom is -0.337 e. The van der Waals surface area contributed by atoms with Crippen molar-refractivity contribution in [1.29, 1.82) is 0 Å². The molecule has 0 aliphatic rings. The number of hydrogen-bond acceptors (Lipinski definition) is 3. The van der Waals surface area contributed by atoms with Crippen LogP contribution in [0.3, 0.4) is 0 Å². The number of aryl methyl sites for hydroxylation is 1. The third-order valence-electron chi connectivity index (χ3n) is 4.19. The van der Waals surface area contributed by atoms with Crippen LogP contribution in [0.1, 0.15) is 27.0 Å². The smallest absolute Gasteiger partial charge is 0.253 e. The Balaban J connectivity index is 2.37. The molecule has 2 aromatic carbocycles.